The number of amides is 3. The van der Waals surface area contributed by atoms with Gasteiger partial charge in [0.25, 0.3) is 0 Å². The highest BCUT2D eigenvalue weighted by molar-refractivity contribution is 5.96. The van der Waals surface area contributed by atoms with E-state index in [9.17, 15) is 9.59 Å². The van der Waals surface area contributed by atoms with Crippen molar-refractivity contribution in [2.45, 2.75) is 32.5 Å². The zero-order chi connectivity index (χ0) is 18.9. The summed E-state index contributed by atoms with van der Waals surface area (Å²) in [6.45, 7) is 4.04. The van der Waals surface area contributed by atoms with E-state index in [4.69, 9.17) is 4.74 Å². The van der Waals surface area contributed by atoms with Gasteiger partial charge in [0.05, 0.1) is 11.7 Å². The molecule has 26 heavy (non-hydrogen) atoms. The molecule has 0 bridgehead atoms. The lowest BCUT2D eigenvalue weighted by molar-refractivity contribution is -0.121. The molecule has 2 aromatic rings. The predicted octanol–water partition coefficient (Wildman–Crippen LogP) is 2.16. The Morgan fingerprint density at radius 1 is 1.15 bits per heavy atom. The Bertz CT molecular complexity index is 737. The van der Waals surface area contributed by atoms with Crippen LogP contribution in [0.4, 0.5) is 4.79 Å². The fourth-order valence-corrected chi connectivity index (χ4v) is 2.34. The van der Waals surface area contributed by atoms with Crippen LogP contribution in [0.15, 0.2) is 48.7 Å². The molecule has 7 nitrogen and oxygen atoms in total. The average molecular weight is 356 g/mol. The summed E-state index contributed by atoms with van der Waals surface area (Å²) in [7, 11) is 1.46. The molecule has 3 N–H and O–H groups in total. The Morgan fingerprint density at radius 2 is 1.96 bits per heavy atom. The predicted molar refractivity (Wildman–Crippen MR) is 98.6 cm³/mol. The van der Waals surface area contributed by atoms with Gasteiger partial charge in [0.2, 0.25) is 5.91 Å². The van der Waals surface area contributed by atoms with Crippen LogP contribution in [-0.2, 0) is 11.4 Å². The van der Waals surface area contributed by atoms with Crippen LogP contribution in [0, 0.1) is 0 Å². The molecule has 2 rings (SSSR count). The van der Waals surface area contributed by atoms with Crippen LogP contribution < -0.4 is 20.7 Å². The monoisotopic (exact) mass is 356 g/mol. The lowest BCUT2D eigenvalue weighted by Gasteiger charge is -2.20. The van der Waals surface area contributed by atoms with Crippen molar-refractivity contribution < 1.29 is 14.3 Å². The first kappa shape index (κ1) is 19.4. The van der Waals surface area contributed by atoms with Crippen LogP contribution in [0.5, 0.6) is 5.75 Å². The molecule has 0 fully saturated rings. The minimum Gasteiger partial charge on any atom is -0.487 e. The first-order chi connectivity index (χ1) is 12.5. The van der Waals surface area contributed by atoms with Crippen molar-refractivity contribution in [2.75, 3.05) is 7.05 Å². The quantitative estimate of drug-likeness (QED) is 0.707. The standard InChI is InChI=1S/C19H24N4O3/c1-13(22-14(2)18(24)23-19(25)20-3)15-7-6-9-17(11-15)26-12-16-8-4-5-10-21-16/h4-11,13-14,22H,12H2,1-3H3,(H2,20,23,24,25)/t13-,14-/m0/s1. The van der Waals surface area contributed by atoms with Gasteiger partial charge in [0.1, 0.15) is 12.4 Å². The number of ether oxygens (including phenoxy) is 1. The first-order valence-corrected chi connectivity index (χ1v) is 8.41. The highest BCUT2D eigenvalue weighted by atomic mass is 16.5. The van der Waals surface area contributed by atoms with E-state index >= 15 is 0 Å². The number of rotatable bonds is 7. The van der Waals surface area contributed by atoms with Gasteiger partial charge >= 0.3 is 6.03 Å². The van der Waals surface area contributed by atoms with Gasteiger partial charge in [-0.2, -0.15) is 0 Å². The van der Waals surface area contributed by atoms with Crippen molar-refractivity contribution in [3.63, 3.8) is 0 Å². The Morgan fingerprint density at radius 3 is 2.65 bits per heavy atom. The van der Waals surface area contributed by atoms with Gasteiger partial charge in [0.15, 0.2) is 0 Å². The van der Waals surface area contributed by atoms with E-state index < -0.39 is 18.0 Å². The third-order valence-electron chi connectivity index (χ3n) is 3.83. The van der Waals surface area contributed by atoms with E-state index in [0.29, 0.717) is 6.61 Å². The Hall–Kier alpha value is -2.93. The number of hydrogen-bond donors (Lipinski definition) is 3. The van der Waals surface area contributed by atoms with Gasteiger partial charge in [-0.25, -0.2) is 4.79 Å². The molecule has 1 aromatic heterocycles. The zero-order valence-corrected chi connectivity index (χ0v) is 15.2. The maximum atomic E-state index is 11.9. The molecule has 1 heterocycles. The van der Waals surface area contributed by atoms with Gasteiger partial charge < -0.3 is 10.1 Å². The molecule has 1 aromatic carbocycles. The normalized spacial score (nSPS) is 12.7. The van der Waals surface area contributed by atoms with Gasteiger partial charge in [-0.3, -0.25) is 20.4 Å². The first-order valence-electron chi connectivity index (χ1n) is 8.41. The molecule has 0 spiro atoms. The van der Waals surface area contributed by atoms with Crippen LogP contribution in [0.1, 0.15) is 31.1 Å². The molecule has 3 amide bonds. The van der Waals surface area contributed by atoms with Crippen molar-refractivity contribution in [3.8, 4) is 5.75 Å². The molecule has 0 aliphatic carbocycles. The van der Waals surface area contributed by atoms with Gasteiger partial charge in [-0.1, -0.05) is 18.2 Å². The molecule has 0 aliphatic rings. The summed E-state index contributed by atoms with van der Waals surface area (Å²) in [4.78, 5) is 27.4. The van der Waals surface area contributed by atoms with Gasteiger partial charge in [0, 0.05) is 19.3 Å². The fraction of sp³-hybridized carbons (Fsp3) is 0.316. The number of pyridine rings is 1. The number of carbonyl (C=O) groups is 2. The number of carbonyl (C=O) groups excluding carboxylic acids is 2. The summed E-state index contributed by atoms with van der Waals surface area (Å²) >= 11 is 0. The molecule has 0 radical (unpaired) electrons. The molecular weight excluding hydrogens is 332 g/mol. The maximum Gasteiger partial charge on any atom is 0.321 e. The maximum absolute atomic E-state index is 11.9. The Kier molecular flexibility index (Phi) is 7.11. The largest absolute Gasteiger partial charge is 0.487 e. The van der Waals surface area contributed by atoms with Crippen LogP contribution in [0.25, 0.3) is 0 Å². The van der Waals surface area contributed by atoms with E-state index in [1.165, 1.54) is 7.05 Å². The topological polar surface area (TPSA) is 92.4 Å². The number of imide groups is 1. The van der Waals surface area contributed by atoms with Gasteiger partial charge in [-0.05, 0) is 43.7 Å². The molecular formula is C19H24N4O3. The van der Waals surface area contributed by atoms with Crippen molar-refractivity contribution in [1.29, 1.82) is 0 Å². The highest BCUT2D eigenvalue weighted by Crippen LogP contribution is 2.20. The van der Waals surface area contributed by atoms with Crippen LogP contribution in [0.3, 0.4) is 0 Å². The lowest BCUT2D eigenvalue weighted by atomic mass is 10.1. The number of aromatic nitrogens is 1. The second kappa shape index (κ2) is 9.53. The number of nitrogens with one attached hydrogen (secondary N) is 3. The second-order valence-corrected chi connectivity index (χ2v) is 5.86. The molecule has 0 unspecified atom stereocenters. The number of benzene rings is 1. The average Bonchev–Trinajstić information content (AvgIpc) is 2.67. The van der Waals surface area contributed by atoms with E-state index in [2.05, 4.69) is 20.9 Å². The molecule has 2 atom stereocenters. The van der Waals surface area contributed by atoms with Crippen molar-refractivity contribution >= 4 is 11.9 Å². The van der Waals surface area contributed by atoms with E-state index in [0.717, 1.165) is 17.0 Å². The van der Waals surface area contributed by atoms with Crippen LogP contribution >= 0.6 is 0 Å². The summed E-state index contributed by atoms with van der Waals surface area (Å²) in [5.74, 6) is 0.336. The second-order valence-electron chi connectivity index (χ2n) is 5.86. The third-order valence-corrected chi connectivity index (χ3v) is 3.83. The van der Waals surface area contributed by atoms with E-state index in [-0.39, 0.29) is 6.04 Å². The van der Waals surface area contributed by atoms with Gasteiger partial charge in [-0.15, -0.1) is 0 Å². The SMILES string of the molecule is CNC(=O)NC(=O)[C@H](C)N[C@@H](C)c1cccc(OCc2ccccn2)c1. The minimum atomic E-state index is -0.527. The molecule has 7 heteroatoms. The number of urea groups is 1. The number of nitrogens with zero attached hydrogens (tertiary/aromatic N) is 1. The molecule has 0 saturated heterocycles. The molecule has 138 valence electrons. The zero-order valence-electron chi connectivity index (χ0n) is 15.2. The third kappa shape index (κ3) is 5.86. The number of hydrogen-bond acceptors (Lipinski definition) is 5. The van der Waals surface area contributed by atoms with Crippen LogP contribution in [0.2, 0.25) is 0 Å². The molecule has 0 saturated carbocycles. The summed E-state index contributed by atoms with van der Waals surface area (Å²) in [6, 6.07) is 12.2. The minimum absolute atomic E-state index is 0.0983. The fourth-order valence-electron chi connectivity index (χ4n) is 2.34. The van der Waals surface area contributed by atoms with Crippen molar-refractivity contribution in [3.05, 3.63) is 59.9 Å². The molecule has 0 aliphatic heterocycles. The Balaban J connectivity index is 1.93. The van der Waals surface area contributed by atoms with E-state index in [1.807, 2.05) is 49.4 Å². The Labute approximate surface area is 153 Å². The summed E-state index contributed by atoms with van der Waals surface area (Å²) in [6.07, 6.45) is 1.73. The highest BCUT2D eigenvalue weighted by Gasteiger charge is 2.18. The van der Waals surface area contributed by atoms with E-state index in [1.54, 1.807) is 13.1 Å². The smallest absolute Gasteiger partial charge is 0.321 e. The van der Waals surface area contributed by atoms with Crippen LogP contribution in [-0.4, -0.2) is 30.0 Å². The summed E-state index contributed by atoms with van der Waals surface area (Å²) in [5, 5.41) is 7.77. The summed E-state index contributed by atoms with van der Waals surface area (Å²) in [5.41, 5.74) is 1.83. The lowest BCUT2D eigenvalue weighted by Crippen LogP contribution is -2.47. The summed E-state index contributed by atoms with van der Waals surface area (Å²) < 4.78 is 5.78. The van der Waals surface area contributed by atoms with Crippen molar-refractivity contribution in [2.24, 2.45) is 0 Å². The van der Waals surface area contributed by atoms with Crippen molar-refractivity contribution in [1.82, 2.24) is 20.9 Å².